The van der Waals surface area contributed by atoms with E-state index in [4.69, 9.17) is 24.1 Å². The Morgan fingerprint density at radius 1 is 0.895 bits per heavy atom. The summed E-state index contributed by atoms with van der Waals surface area (Å²) in [5.74, 6) is 0.850. The number of rotatable bonds is 7. The van der Waals surface area contributed by atoms with E-state index in [1.165, 1.54) is 22.4 Å². The largest absolute Gasteiger partial charge is 0.517 e. The molecule has 1 aliphatic rings. The monoisotopic (exact) mass is 640 g/mol. The van der Waals surface area contributed by atoms with Crippen LogP contribution in [0, 0.1) is 6.54 Å². The third kappa shape index (κ3) is 7.71. The molecule has 0 amide bonds. The zero-order chi connectivity index (χ0) is 27.9. The SMILES string of the molecule is CC(C)Oc1ccccc1[CH]=[Ru]([Cl])[Cl].CCc1cccc(CC)c1N1[CH-]C(C)(c2ccccc2)CC1(C)C. The second-order valence-corrected chi connectivity index (χ2v) is 16.6. The molecule has 0 saturated carbocycles. The van der Waals surface area contributed by atoms with Gasteiger partial charge < -0.3 is 4.90 Å². The van der Waals surface area contributed by atoms with Gasteiger partial charge in [0, 0.05) is 11.2 Å². The van der Waals surface area contributed by atoms with Crippen molar-refractivity contribution >= 4 is 29.7 Å². The number of ether oxygens (including phenoxy) is 1. The van der Waals surface area contributed by atoms with Crippen LogP contribution < -0.4 is 9.64 Å². The van der Waals surface area contributed by atoms with Crippen molar-refractivity contribution in [3.8, 4) is 5.75 Å². The smallest absolute Gasteiger partial charge is 0.0140 e. The van der Waals surface area contributed by atoms with Crippen LogP contribution in [-0.4, -0.2) is 16.3 Å². The number of aryl methyl sites for hydroxylation is 2. The molecule has 0 bridgehead atoms. The molecule has 1 aliphatic heterocycles. The molecule has 1 atom stereocenters. The van der Waals surface area contributed by atoms with Gasteiger partial charge in [0.15, 0.2) is 0 Å². The van der Waals surface area contributed by atoms with Gasteiger partial charge in [0.1, 0.15) is 0 Å². The molecule has 0 spiro atoms. The van der Waals surface area contributed by atoms with E-state index in [0.29, 0.717) is 0 Å². The van der Waals surface area contributed by atoms with E-state index < -0.39 is 13.5 Å². The van der Waals surface area contributed by atoms with Crippen molar-refractivity contribution in [2.75, 3.05) is 4.90 Å². The second kappa shape index (κ2) is 13.6. The van der Waals surface area contributed by atoms with Crippen molar-refractivity contribution in [3.05, 3.63) is 102 Å². The Morgan fingerprint density at radius 2 is 1.47 bits per heavy atom. The minimum Gasteiger partial charge on any atom is -0.517 e. The molecule has 38 heavy (non-hydrogen) atoms. The van der Waals surface area contributed by atoms with Crippen LogP contribution in [0.4, 0.5) is 5.69 Å². The molecule has 0 aliphatic carbocycles. The molecule has 3 aromatic rings. The Balaban J connectivity index is 0.000000244. The van der Waals surface area contributed by atoms with Crippen LogP contribution in [0.3, 0.4) is 0 Å². The molecule has 3 aromatic carbocycles. The number of hydrogen-bond donors (Lipinski definition) is 0. The molecule has 0 aromatic heterocycles. The average Bonchev–Trinajstić information content (AvgIpc) is 3.14. The summed E-state index contributed by atoms with van der Waals surface area (Å²) >= 11 is -1.77. The maximum absolute atomic E-state index is 5.82. The van der Waals surface area contributed by atoms with Gasteiger partial charge in [-0.2, -0.15) is 0 Å². The van der Waals surface area contributed by atoms with Crippen molar-refractivity contribution < 1.29 is 18.3 Å². The molecular formula is C33H42Cl2NORu-. The van der Waals surface area contributed by atoms with Gasteiger partial charge in [-0.15, -0.1) is 5.41 Å². The van der Waals surface area contributed by atoms with Gasteiger partial charge in [-0.3, -0.25) is 0 Å². The zero-order valence-corrected chi connectivity index (χ0v) is 27.0. The first-order valence-electron chi connectivity index (χ1n) is 13.4. The first-order valence-corrected chi connectivity index (χ1v) is 18.9. The molecule has 1 fully saturated rings. The minimum atomic E-state index is -1.77. The van der Waals surface area contributed by atoms with Gasteiger partial charge in [-0.05, 0) is 44.2 Å². The summed E-state index contributed by atoms with van der Waals surface area (Å²) in [4.78, 5) is 2.57. The fourth-order valence-electron chi connectivity index (χ4n) is 5.39. The number of halogens is 2. The maximum Gasteiger partial charge on any atom is 0.0140 e. The zero-order valence-electron chi connectivity index (χ0n) is 23.7. The quantitative estimate of drug-likeness (QED) is 0.189. The molecule has 0 radical (unpaired) electrons. The van der Waals surface area contributed by atoms with Crippen molar-refractivity contribution in [2.24, 2.45) is 0 Å². The van der Waals surface area contributed by atoms with Crippen LogP contribution >= 0.6 is 19.4 Å². The number of anilines is 1. The summed E-state index contributed by atoms with van der Waals surface area (Å²) in [6.45, 7) is 18.1. The van der Waals surface area contributed by atoms with Crippen LogP contribution in [0.1, 0.15) is 77.1 Å². The molecule has 1 unspecified atom stereocenters. The molecule has 2 nitrogen and oxygen atoms in total. The summed E-state index contributed by atoms with van der Waals surface area (Å²) in [6.07, 6.45) is 3.44. The van der Waals surface area contributed by atoms with Gasteiger partial charge in [0.25, 0.3) is 0 Å². The molecule has 1 saturated heterocycles. The van der Waals surface area contributed by atoms with Crippen LogP contribution in [-0.2, 0) is 31.8 Å². The number of hydrogen-bond acceptors (Lipinski definition) is 2. The summed E-state index contributed by atoms with van der Waals surface area (Å²) in [7, 11) is 11.6. The third-order valence-electron chi connectivity index (χ3n) is 6.97. The standard InChI is InChI=1S/C23H30N.C10H12O.2ClH.Ru/c1-6-18-12-11-13-19(7-2)21(18)24-17-23(5,16-22(24,3)4)20-14-9-8-10-15-20;1-8(2)11-10-7-5-4-6-9(10)3;;;/h8-15,17H,6-7,16H2,1-5H3;3-8H,1-2H3;2*1H;/q-1;;;;+2/p-2. The Bertz CT molecular complexity index is 1200. The van der Waals surface area contributed by atoms with Crippen LogP contribution in [0.2, 0.25) is 0 Å². The van der Waals surface area contributed by atoms with Crippen LogP contribution in [0.15, 0.2) is 72.8 Å². The first-order chi connectivity index (χ1) is 18.0. The normalized spacial score (nSPS) is 18.6. The predicted molar refractivity (Wildman–Crippen MR) is 164 cm³/mol. The summed E-state index contributed by atoms with van der Waals surface area (Å²) < 4.78 is 7.51. The van der Waals surface area contributed by atoms with Gasteiger partial charge in [0.05, 0.1) is 0 Å². The fourth-order valence-corrected chi connectivity index (χ4v) is 7.19. The maximum atomic E-state index is 5.82. The molecule has 1 heterocycles. The first kappa shape index (κ1) is 30.9. The molecule has 0 N–H and O–H groups in total. The number of nitrogens with zero attached hydrogens (tertiary/aromatic N) is 1. The molecule has 4 rings (SSSR count). The van der Waals surface area contributed by atoms with E-state index in [9.17, 15) is 0 Å². The van der Waals surface area contributed by atoms with Crippen molar-refractivity contribution in [1.29, 1.82) is 0 Å². The summed E-state index contributed by atoms with van der Waals surface area (Å²) in [5, 5.41) is 0. The van der Waals surface area contributed by atoms with Crippen LogP contribution in [0.5, 0.6) is 5.75 Å². The minimum absolute atomic E-state index is 0.0800. The van der Waals surface area contributed by atoms with Crippen molar-refractivity contribution in [2.45, 2.75) is 84.8 Å². The molecule has 208 valence electrons. The van der Waals surface area contributed by atoms with Gasteiger partial charge in [0.2, 0.25) is 0 Å². The topological polar surface area (TPSA) is 12.5 Å². The van der Waals surface area contributed by atoms with E-state index in [1.807, 2.05) is 42.7 Å². The molecule has 5 heteroatoms. The van der Waals surface area contributed by atoms with E-state index in [2.05, 4.69) is 94.6 Å². The second-order valence-electron chi connectivity index (χ2n) is 10.9. The number of benzene rings is 3. The van der Waals surface area contributed by atoms with E-state index in [-0.39, 0.29) is 17.1 Å². The predicted octanol–water partition coefficient (Wildman–Crippen LogP) is 9.47. The Morgan fingerprint density at radius 3 is 2.03 bits per heavy atom. The van der Waals surface area contributed by atoms with E-state index >= 15 is 0 Å². The van der Waals surface area contributed by atoms with E-state index in [0.717, 1.165) is 30.6 Å². The van der Waals surface area contributed by atoms with Gasteiger partial charge in [-0.1, -0.05) is 74.9 Å². The number of para-hydroxylation sites is 2. The van der Waals surface area contributed by atoms with Gasteiger partial charge in [-0.25, -0.2) is 6.54 Å². The summed E-state index contributed by atoms with van der Waals surface area (Å²) in [5.41, 5.74) is 6.94. The Labute approximate surface area is 243 Å². The van der Waals surface area contributed by atoms with Crippen molar-refractivity contribution in [3.63, 3.8) is 0 Å². The average molecular weight is 641 g/mol. The van der Waals surface area contributed by atoms with E-state index in [1.54, 1.807) is 0 Å². The molecular weight excluding hydrogens is 598 g/mol. The van der Waals surface area contributed by atoms with Gasteiger partial charge >= 0.3 is 97.8 Å². The van der Waals surface area contributed by atoms with Crippen molar-refractivity contribution in [1.82, 2.24) is 0 Å². The summed E-state index contributed by atoms with van der Waals surface area (Å²) in [6, 6.07) is 25.5. The fraction of sp³-hybridized carbons (Fsp3) is 0.394. The Kier molecular flexibility index (Phi) is 11.1. The Hall–Kier alpha value is -1.67. The van der Waals surface area contributed by atoms with Crippen LogP contribution in [0.25, 0.3) is 0 Å². The third-order valence-corrected chi connectivity index (χ3v) is 8.81.